The van der Waals surface area contributed by atoms with Crippen LogP contribution >= 0.6 is 0 Å². The monoisotopic (exact) mass is 226 g/mol. The maximum Gasteiger partial charge on any atom is 0.246 e. The lowest BCUT2D eigenvalue weighted by Crippen LogP contribution is -2.39. The quantitative estimate of drug-likeness (QED) is 0.718. The Morgan fingerprint density at radius 3 is 2.50 bits per heavy atom. The molecule has 3 N–H and O–H groups in total. The predicted octanol–water partition coefficient (Wildman–Crippen LogP) is -0.308. The lowest BCUT2D eigenvalue weighted by atomic mass is 10.4. The van der Waals surface area contributed by atoms with Crippen molar-refractivity contribution in [3.63, 3.8) is 0 Å². The summed E-state index contributed by atoms with van der Waals surface area (Å²) in [6.07, 6.45) is 0. The number of nitrogens with one attached hydrogen (secondary N) is 1. The predicted molar refractivity (Wildman–Crippen MR) is 62.0 cm³/mol. The molecule has 0 atom stereocenters. The minimum atomic E-state index is 0.0517. The molecule has 0 aliphatic heterocycles. The summed E-state index contributed by atoms with van der Waals surface area (Å²) in [6.45, 7) is 5.57. The Morgan fingerprint density at radius 1 is 1.44 bits per heavy atom. The van der Waals surface area contributed by atoms with Crippen molar-refractivity contribution in [2.75, 3.05) is 37.3 Å². The van der Waals surface area contributed by atoms with E-state index in [1.165, 1.54) is 0 Å². The molecule has 0 radical (unpaired) electrons. The second-order valence-corrected chi connectivity index (χ2v) is 3.44. The lowest BCUT2D eigenvalue weighted by molar-refractivity contribution is -0.129. The van der Waals surface area contributed by atoms with Crippen molar-refractivity contribution in [3.8, 4) is 0 Å². The number of nitrogen functional groups attached to an aromatic ring is 1. The third-order valence-corrected chi connectivity index (χ3v) is 2.32. The number of carbonyl (C=O) groups is 1. The van der Waals surface area contributed by atoms with Crippen LogP contribution in [-0.2, 0) is 4.79 Å². The van der Waals surface area contributed by atoms with Crippen LogP contribution in [-0.4, -0.2) is 52.7 Å². The summed E-state index contributed by atoms with van der Waals surface area (Å²) in [7, 11) is 1.75. The van der Waals surface area contributed by atoms with Crippen molar-refractivity contribution < 1.29 is 4.79 Å². The number of rotatable bonds is 5. The number of aromatic amines is 1. The number of amides is 1. The first kappa shape index (κ1) is 12.3. The average Bonchev–Trinajstić information content (AvgIpc) is 2.66. The molecule has 0 unspecified atom stereocenters. The van der Waals surface area contributed by atoms with Crippen LogP contribution in [0.25, 0.3) is 0 Å². The van der Waals surface area contributed by atoms with Crippen LogP contribution in [0.15, 0.2) is 0 Å². The molecule has 1 amide bonds. The molecule has 16 heavy (non-hydrogen) atoms. The fourth-order valence-corrected chi connectivity index (χ4v) is 1.39. The Morgan fingerprint density at radius 2 is 2.06 bits per heavy atom. The number of H-pyrrole nitrogens is 1. The first-order valence-corrected chi connectivity index (χ1v) is 5.25. The normalized spacial score (nSPS) is 10.2. The molecule has 0 aliphatic carbocycles. The standard InChI is InChI=1S/C9H18N6O/c1-4-15(5-2)7(16)6-14(3)9-11-8(10)12-13-9/h4-6H2,1-3H3,(H3,10,11,12,13). The molecule has 0 saturated carbocycles. The topological polar surface area (TPSA) is 91.1 Å². The third-order valence-electron chi connectivity index (χ3n) is 2.32. The zero-order valence-electron chi connectivity index (χ0n) is 9.90. The van der Waals surface area contributed by atoms with E-state index in [9.17, 15) is 4.79 Å². The van der Waals surface area contributed by atoms with Gasteiger partial charge in [0.1, 0.15) is 0 Å². The molecule has 0 aromatic carbocycles. The molecule has 1 aromatic heterocycles. The van der Waals surface area contributed by atoms with Crippen LogP contribution in [0.3, 0.4) is 0 Å². The highest BCUT2D eigenvalue weighted by atomic mass is 16.2. The minimum Gasteiger partial charge on any atom is -0.368 e. The molecular weight excluding hydrogens is 208 g/mol. The molecule has 1 rings (SSSR count). The number of aromatic nitrogens is 3. The highest BCUT2D eigenvalue weighted by Crippen LogP contribution is 2.05. The van der Waals surface area contributed by atoms with E-state index < -0.39 is 0 Å². The van der Waals surface area contributed by atoms with E-state index in [1.54, 1.807) is 16.8 Å². The van der Waals surface area contributed by atoms with E-state index in [-0.39, 0.29) is 18.4 Å². The van der Waals surface area contributed by atoms with Crippen molar-refractivity contribution in [3.05, 3.63) is 0 Å². The molecule has 7 heteroatoms. The number of likely N-dealkylation sites (N-methyl/N-ethyl adjacent to an activating group) is 2. The summed E-state index contributed by atoms with van der Waals surface area (Å²) in [6, 6.07) is 0. The Balaban J connectivity index is 2.57. The molecule has 7 nitrogen and oxygen atoms in total. The SMILES string of the molecule is CCN(CC)C(=O)CN(C)c1n[nH]c(N)n1. The third kappa shape index (κ3) is 2.85. The van der Waals surface area contributed by atoms with Gasteiger partial charge in [0.25, 0.3) is 0 Å². The van der Waals surface area contributed by atoms with Gasteiger partial charge >= 0.3 is 0 Å². The molecule has 1 aromatic rings. The van der Waals surface area contributed by atoms with Crippen molar-refractivity contribution >= 4 is 17.8 Å². The van der Waals surface area contributed by atoms with Crippen LogP contribution in [0.1, 0.15) is 13.8 Å². The fourth-order valence-electron chi connectivity index (χ4n) is 1.39. The zero-order chi connectivity index (χ0) is 12.1. The summed E-state index contributed by atoms with van der Waals surface area (Å²) >= 11 is 0. The van der Waals surface area contributed by atoms with E-state index in [2.05, 4.69) is 15.2 Å². The van der Waals surface area contributed by atoms with Gasteiger partial charge in [0.05, 0.1) is 6.54 Å². The summed E-state index contributed by atoms with van der Waals surface area (Å²) in [5, 5.41) is 6.40. The van der Waals surface area contributed by atoms with Gasteiger partial charge < -0.3 is 15.5 Å². The molecule has 0 saturated heterocycles. The van der Waals surface area contributed by atoms with E-state index in [4.69, 9.17) is 5.73 Å². The fraction of sp³-hybridized carbons (Fsp3) is 0.667. The Labute approximate surface area is 94.6 Å². The first-order chi connectivity index (χ1) is 7.58. The lowest BCUT2D eigenvalue weighted by Gasteiger charge is -2.22. The molecule has 0 aliphatic rings. The van der Waals surface area contributed by atoms with Crippen molar-refractivity contribution in [2.45, 2.75) is 13.8 Å². The largest absolute Gasteiger partial charge is 0.368 e. The molecule has 0 fully saturated rings. The second kappa shape index (κ2) is 5.34. The van der Waals surface area contributed by atoms with Crippen LogP contribution in [0.4, 0.5) is 11.9 Å². The molecule has 1 heterocycles. The maximum absolute atomic E-state index is 11.8. The summed E-state index contributed by atoms with van der Waals surface area (Å²) in [4.78, 5) is 19.1. The number of hydrogen-bond acceptors (Lipinski definition) is 5. The minimum absolute atomic E-state index is 0.0517. The Kier molecular flexibility index (Phi) is 4.10. The Hall–Kier alpha value is -1.79. The summed E-state index contributed by atoms with van der Waals surface area (Å²) in [5.41, 5.74) is 5.41. The first-order valence-electron chi connectivity index (χ1n) is 5.25. The zero-order valence-corrected chi connectivity index (χ0v) is 9.90. The van der Waals surface area contributed by atoms with E-state index in [0.29, 0.717) is 19.0 Å². The molecule has 0 spiro atoms. The summed E-state index contributed by atoms with van der Waals surface area (Å²) in [5.74, 6) is 0.728. The number of anilines is 2. The van der Waals surface area contributed by atoms with Gasteiger partial charge in [0, 0.05) is 20.1 Å². The second-order valence-electron chi connectivity index (χ2n) is 3.44. The number of carbonyl (C=O) groups excluding carboxylic acids is 1. The molecule has 90 valence electrons. The van der Waals surface area contributed by atoms with Gasteiger partial charge in [0.15, 0.2) is 0 Å². The van der Waals surface area contributed by atoms with Crippen LogP contribution in [0.2, 0.25) is 0 Å². The van der Waals surface area contributed by atoms with Gasteiger partial charge in [-0.05, 0) is 13.8 Å². The number of nitrogens with two attached hydrogens (primary N) is 1. The van der Waals surface area contributed by atoms with Crippen molar-refractivity contribution in [1.82, 2.24) is 20.1 Å². The van der Waals surface area contributed by atoms with E-state index in [1.807, 2.05) is 13.8 Å². The molecular formula is C9H18N6O. The van der Waals surface area contributed by atoms with E-state index >= 15 is 0 Å². The Bertz CT molecular complexity index is 346. The smallest absolute Gasteiger partial charge is 0.246 e. The van der Waals surface area contributed by atoms with Gasteiger partial charge in [-0.25, -0.2) is 5.10 Å². The van der Waals surface area contributed by atoms with Crippen molar-refractivity contribution in [1.29, 1.82) is 0 Å². The maximum atomic E-state index is 11.8. The van der Waals surface area contributed by atoms with Crippen molar-refractivity contribution in [2.24, 2.45) is 0 Å². The van der Waals surface area contributed by atoms with Crippen LogP contribution in [0.5, 0.6) is 0 Å². The number of nitrogens with zero attached hydrogens (tertiary/aromatic N) is 4. The van der Waals surface area contributed by atoms with Gasteiger partial charge in [-0.2, -0.15) is 4.98 Å². The van der Waals surface area contributed by atoms with Crippen LogP contribution < -0.4 is 10.6 Å². The van der Waals surface area contributed by atoms with Crippen LogP contribution in [0, 0.1) is 0 Å². The highest BCUT2D eigenvalue weighted by Gasteiger charge is 2.14. The number of hydrogen-bond donors (Lipinski definition) is 2. The van der Waals surface area contributed by atoms with Gasteiger partial charge in [-0.1, -0.05) is 0 Å². The van der Waals surface area contributed by atoms with Gasteiger partial charge in [0.2, 0.25) is 17.8 Å². The molecule has 0 bridgehead atoms. The summed E-state index contributed by atoms with van der Waals surface area (Å²) < 4.78 is 0. The average molecular weight is 226 g/mol. The van der Waals surface area contributed by atoms with Gasteiger partial charge in [-0.15, -0.1) is 5.10 Å². The highest BCUT2D eigenvalue weighted by molar-refractivity contribution is 5.80. The van der Waals surface area contributed by atoms with E-state index in [0.717, 1.165) is 0 Å². The van der Waals surface area contributed by atoms with Gasteiger partial charge in [-0.3, -0.25) is 4.79 Å².